The van der Waals surface area contributed by atoms with Crippen LogP contribution >= 0.6 is 0 Å². The molecule has 0 spiro atoms. The average Bonchev–Trinajstić information content (AvgIpc) is 2.50. The number of morpholine rings is 1. The highest BCUT2D eigenvalue weighted by Crippen LogP contribution is 2.13. The summed E-state index contributed by atoms with van der Waals surface area (Å²) in [6, 6.07) is -0.902. The highest BCUT2D eigenvalue weighted by atomic mass is 32.2. The molecule has 162 valence electrons. The van der Waals surface area contributed by atoms with Gasteiger partial charge in [-0.2, -0.15) is 4.31 Å². The number of nitrogens with one attached hydrogen (secondary N) is 1. The Bertz CT molecular complexity index is 639. The van der Waals surface area contributed by atoms with Gasteiger partial charge in [0.05, 0.1) is 25.7 Å². The number of rotatable bonds is 6. The summed E-state index contributed by atoms with van der Waals surface area (Å²) in [6.45, 7) is 11.4. The molecule has 1 aliphatic rings. The summed E-state index contributed by atoms with van der Waals surface area (Å²) in [5.41, 5.74) is -1.43. The van der Waals surface area contributed by atoms with Crippen LogP contribution in [0.25, 0.3) is 0 Å². The first-order valence-corrected chi connectivity index (χ1v) is 10.7. The van der Waals surface area contributed by atoms with E-state index in [-0.39, 0.29) is 19.5 Å². The van der Waals surface area contributed by atoms with Gasteiger partial charge >= 0.3 is 12.1 Å². The van der Waals surface area contributed by atoms with Crippen molar-refractivity contribution in [1.29, 1.82) is 0 Å². The second-order valence-electron chi connectivity index (χ2n) is 8.43. The van der Waals surface area contributed by atoms with E-state index in [4.69, 9.17) is 14.2 Å². The van der Waals surface area contributed by atoms with Crippen molar-refractivity contribution in [2.45, 2.75) is 65.2 Å². The van der Waals surface area contributed by atoms with Crippen LogP contribution in [0.2, 0.25) is 0 Å². The van der Waals surface area contributed by atoms with Crippen molar-refractivity contribution < 1.29 is 32.2 Å². The van der Waals surface area contributed by atoms with Gasteiger partial charge in [-0.25, -0.2) is 13.2 Å². The van der Waals surface area contributed by atoms with Crippen LogP contribution in [0.15, 0.2) is 11.5 Å². The molecule has 1 atom stereocenters. The van der Waals surface area contributed by atoms with Crippen LogP contribution in [0.4, 0.5) is 4.79 Å². The number of carbonyl (C=O) groups is 2. The normalized spacial score (nSPS) is 17.9. The Kier molecular flexibility index (Phi) is 8.45. The molecular formula is C18H32N2O7S. The van der Waals surface area contributed by atoms with Crippen molar-refractivity contribution >= 4 is 22.1 Å². The molecule has 0 aromatic carbocycles. The van der Waals surface area contributed by atoms with Crippen LogP contribution in [0.5, 0.6) is 0 Å². The smallest absolute Gasteiger partial charge is 0.408 e. The molecule has 0 radical (unpaired) electrons. The standard InChI is InChI=1S/C18H32N2O7S/c1-17(2,3)26-15(21)13-14(19-16(22)27-18(4,5)6)7-12-28(23,24)20-8-10-25-11-9-20/h7,12,14H,8-11,13H2,1-6H3,(H,19,22)/t14-/m1/s1. The molecule has 1 N–H and O–H groups in total. The van der Waals surface area contributed by atoms with Gasteiger partial charge in [0.2, 0.25) is 10.0 Å². The number of hydrogen-bond acceptors (Lipinski definition) is 7. The summed E-state index contributed by atoms with van der Waals surface area (Å²) in [6.07, 6.45) is 0.277. The van der Waals surface area contributed by atoms with E-state index in [9.17, 15) is 18.0 Å². The van der Waals surface area contributed by atoms with Crippen molar-refractivity contribution in [1.82, 2.24) is 9.62 Å². The highest BCUT2D eigenvalue weighted by Gasteiger charge is 2.25. The summed E-state index contributed by atoms with van der Waals surface area (Å²) >= 11 is 0. The summed E-state index contributed by atoms with van der Waals surface area (Å²) in [4.78, 5) is 24.2. The van der Waals surface area contributed by atoms with Gasteiger partial charge in [0, 0.05) is 18.5 Å². The molecule has 1 saturated heterocycles. The zero-order valence-electron chi connectivity index (χ0n) is 17.5. The third-order valence-corrected chi connectivity index (χ3v) is 4.91. The molecule has 28 heavy (non-hydrogen) atoms. The fraction of sp³-hybridized carbons (Fsp3) is 0.778. The minimum absolute atomic E-state index is 0.231. The van der Waals surface area contributed by atoms with Crippen LogP contribution in [-0.2, 0) is 29.0 Å². The zero-order valence-corrected chi connectivity index (χ0v) is 18.3. The number of hydrogen-bond donors (Lipinski definition) is 1. The number of carbonyl (C=O) groups excluding carboxylic acids is 2. The van der Waals surface area contributed by atoms with E-state index in [0.717, 1.165) is 5.41 Å². The van der Waals surface area contributed by atoms with Crippen molar-refractivity contribution in [2.24, 2.45) is 0 Å². The Morgan fingerprint density at radius 1 is 1.07 bits per heavy atom. The molecule has 9 nitrogen and oxygen atoms in total. The van der Waals surface area contributed by atoms with Gasteiger partial charge in [0.25, 0.3) is 0 Å². The van der Waals surface area contributed by atoms with E-state index in [1.165, 1.54) is 10.4 Å². The van der Waals surface area contributed by atoms with Crippen molar-refractivity contribution in [2.75, 3.05) is 26.3 Å². The van der Waals surface area contributed by atoms with E-state index >= 15 is 0 Å². The monoisotopic (exact) mass is 420 g/mol. The predicted octanol–water partition coefficient (Wildman–Crippen LogP) is 1.79. The lowest BCUT2D eigenvalue weighted by Gasteiger charge is -2.25. The number of ether oxygens (including phenoxy) is 3. The molecule has 0 saturated carbocycles. The van der Waals surface area contributed by atoms with Crippen LogP contribution in [0.3, 0.4) is 0 Å². The number of nitrogens with zero attached hydrogens (tertiary/aromatic N) is 1. The topological polar surface area (TPSA) is 111 Å². The molecule has 1 heterocycles. The van der Waals surface area contributed by atoms with Crippen molar-refractivity contribution in [3.8, 4) is 0 Å². The summed E-state index contributed by atoms with van der Waals surface area (Å²) in [5.74, 6) is -0.568. The van der Waals surface area contributed by atoms with Gasteiger partial charge < -0.3 is 19.5 Å². The highest BCUT2D eigenvalue weighted by molar-refractivity contribution is 7.92. The van der Waals surface area contributed by atoms with Gasteiger partial charge in [0.15, 0.2) is 0 Å². The third-order valence-electron chi connectivity index (χ3n) is 3.32. The molecule has 0 aromatic rings. The summed E-state index contributed by atoms with van der Waals surface area (Å²) in [7, 11) is -3.69. The number of sulfonamides is 1. The lowest BCUT2D eigenvalue weighted by molar-refractivity contribution is -0.155. The van der Waals surface area contributed by atoms with Crippen molar-refractivity contribution in [3.05, 3.63) is 11.5 Å². The number of esters is 1. The van der Waals surface area contributed by atoms with Gasteiger partial charge in [-0.1, -0.05) is 0 Å². The molecule has 1 fully saturated rings. The SMILES string of the molecule is CC(C)(C)OC(=O)C[C@@H](C=CS(=O)(=O)N1CCOCC1)NC(=O)OC(C)(C)C. The second kappa shape index (κ2) is 9.71. The minimum Gasteiger partial charge on any atom is -0.460 e. The van der Waals surface area contributed by atoms with Crippen LogP contribution < -0.4 is 5.32 Å². The van der Waals surface area contributed by atoms with Crippen LogP contribution in [0, 0.1) is 0 Å². The van der Waals surface area contributed by atoms with Gasteiger partial charge in [-0.05, 0) is 47.6 Å². The first-order valence-electron chi connectivity index (χ1n) is 9.15. The fourth-order valence-electron chi connectivity index (χ4n) is 2.27. The van der Waals surface area contributed by atoms with Gasteiger partial charge in [0.1, 0.15) is 11.2 Å². The van der Waals surface area contributed by atoms with E-state index < -0.39 is 39.3 Å². The largest absolute Gasteiger partial charge is 0.460 e. The number of alkyl carbamates (subject to hydrolysis) is 1. The molecule has 0 unspecified atom stereocenters. The van der Waals surface area contributed by atoms with Gasteiger partial charge in [-0.15, -0.1) is 0 Å². The van der Waals surface area contributed by atoms with E-state index in [1.54, 1.807) is 41.5 Å². The molecule has 10 heteroatoms. The predicted molar refractivity (Wildman–Crippen MR) is 104 cm³/mol. The Morgan fingerprint density at radius 3 is 2.11 bits per heavy atom. The molecule has 0 bridgehead atoms. The molecule has 0 aliphatic carbocycles. The van der Waals surface area contributed by atoms with Crippen molar-refractivity contribution in [3.63, 3.8) is 0 Å². The Hall–Kier alpha value is -1.65. The van der Waals surface area contributed by atoms with E-state index in [0.29, 0.717) is 13.2 Å². The van der Waals surface area contributed by atoms with Gasteiger partial charge in [-0.3, -0.25) is 4.79 Å². The summed E-state index contributed by atoms with van der Waals surface area (Å²) < 4.78 is 41.8. The van der Waals surface area contributed by atoms with E-state index in [2.05, 4.69) is 5.32 Å². The molecule has 1 aliphatic heterocycles. The number of amides is 1. The first-order chi connectivity index (χ1) is 12.7. The lowest BCUT2D eigenvalue weighted by Crippen LogP contribution is -2.41. The third kappa shape index (κ3) is 10.0. The van der Waals surface area contributed by atoms with Crippen LogP contribution in [0.1, 0.15) is 48.0 Å². The quantitative estimate of drug-likeness (QED) is 0.652. The summed E-state index contributed by atoms with van der Waals surface area (Å²) in [5, 5.41) is 3.50. The zero-order chi connectivity index (χ0) is 21.6. The maximum Gasteiger partial charge on any atom is 0.408 e. The molecule has 1 rings (SSSR count). The lowest BCUT2D eigenvalue weighted by atomic mass is 10.1. The molecular weight excluding hydrogens is 388 g/mol. The maximum absolute atomic E-state index is 12.4. The van der Waals surface area contributed by atoms with E-state index in [1.807, 2.05) is 0 Å². The molecule has 1 amide bonds. The molecule has 0 aromatic heterocycles. The second-order valence-corrected chi connectivity index (χ2v) is 10.2. The minimum atomic E-state index is -3.69. The first kappa shape index (κ1) is 24.4. The Labute approximate surface area is 167 Å². The maximum atomic E-state index is 12.4. The average molecular weight is 421 g/mol. The Morgan fingerprint density at radius 2 is 1.61 bits per heavy atom. The fourth-order valence-corrected chi connectivity index (χ4v) is 3.49. The van der Waals surface area contributed by atoms with Crippen LogP contribution in [-0.4, -0.2) is 68.3 Å². The Balaban J connectivity index is 2.89.